The fraction of sp³-hybridized carbons (Fsp3) is 0.263. The molecule has 0 radical (unpaired) electrons. The average molecular weight is 420 g/mol. The second kappa shape index (κ2) is 8.54. The fourth-order valence-electron chi connectivity index (χ4n) is 2.08. The lowest BCUT2D eigenvalue weighted by atomic mass is 10.1. The van der Waals surface area contributed by atoms with Gasteiger partial charge in [0.2, 0.25) is 0 Å². The Labute approximate surface area is 161 Å². The van der Waals surface area contributed by atoms with Crippen molar-refractivity contribution in [2.45, 2.75) is 17.8 Å². The summed E-state index contributed by atoms with van der Waals surface area (Å²) in [4.78, 5) is 21.0. The molecule has 0 aliphatic carbocycles. The first-order valence-corrected chi connectivity index (χ1v) is 8.02. The van der Waals surface area contributed by atoms with Crippen molar-refractivity contribution in [2.75, 3.05) is 13.2 Å². The van der Waals surface area contributed by atoms with E-state index in [1.165, 1.54) is 24.3 Å². The summed E-state index contributed by atoms with van der Waals surface area (Å²) in [6.07, 6.45) is 0.916. The fourth-order valence-corrected chi connectivity index (χ4v) is 2.08. The first-order chi connectivity index (χ1) is 13.5. The van der Waals surface area contributed by atoms with Crippen molar-refractivity contribution in [3.05, 3.63) is 59.7 Å². The summed E-state index contributed by atoms with van der Waals surface area (Å²) in [5.41, 5.74) is 0.360. The van der Waals surface area contributed by atoms with Crippen molar-refractivity contribution in [1.82, 2.24) is 0 Å². The second-order valence-corrected chi connectivity index (χ2v) is 5.93. The highest BCUT2D eigenvalue weighted by molar-refractivity contribution is 5.75. The molecule has 2 aromatic carbocycles. The molecule has 0 fully saturated rings. The van der Waals surface area contributed by atoms with E-state index in [9.17, 15) is 35.9 Å². The van der Waals surface area contributed by atoms with Gasteiger partial charge in [-0.15, -0.1) is 0 Å². The molecule has 0 aromatic heterocycles. The van der Waals surface area contributed by atoms with E-state index in [0.29, 0.717) is 12.6 Å². The molecule has 0 aliphatic rings. The van der Waals surface area contributed by atoms with Crippen LogP contribution < -0.4 is 9.47 Å². The van der Waals surface area contributed by atoms with Gasteiger partial charge in [0.1, 0.15) is 24.1 Å². The minimum atomic E-state index is -5.79. The summed E-state index contributed by atoms with van der Waals surface area (Å²) in [5, 5.41) is 0. The van der Waals surface area contributed by atoms with Crippen LogP contribution in [-0.2, 0) is 0 Å². The Morgan fingerprint density at radius 2 is 0.931 bits per heavy atom. The maximum atomic E-state index is 13.9. The predicted molar refractivity (Wildman–Crippen MR) is 89.5 cm³/mol. The van der Waals surface area contributed by atoms with Gasteiger partial charge in [0.05, 0.1) is 0 Å². The SMILES string of the molecule is O=Cc1ccc(OCC(F)(F)C(F)(F)C(F)(F)COc2ccc(C=O)cc2)cc1. The van der Waals surface area contributed by atoms with Gasteiger partial charge in [0.25, 0.3) is 0 Å². The van der Waals surface area contributed by atoms with E-state index < -0.39 is 31.0 Å². The summed E-state index contributed by atoms with van der Waals surface area (Å²) < 4.78 is 92.1. The van der Waals surface area contributed by atoms with Crippen LogP contribution in [0.5, 0.6) is 11.5 Å². The van der Waals surface area contributed by atoms with Crippen LogP contribution in [0.15, 0.2) is 48.5 Å². The number of ether oxygens (including phenoxy) is 2. The maximum absolute atomic E-state index is 13.9. The van der Waals surface area contributed by atoms with Crippen molar-refractivity contribution in [1.29, 1.82) is 0 Å². The lowest BCUT2D eigenvalue weighted by molar-refractivity contribution is -0.319. The molecule has 0 heterocycles. The van der Waals surface area contributed by atoms with Crippen LogP contribution >= 0.6 is 0 Å². The Morgan fingerprint density at radius 1 is 0.621 bits per heavy atom. The number of aldehydes is 2. The largest absolute Gasteiger partial charge is 0.487 e. The van der Waals surface area contributed by atoms with E-state index in [0.717, 1.165) is 24.3 Å². The van der Waals surface area contributed by atoms with Gasteiger partial charge in [-0.3, -0.25) is 9.59 Å². The molecule has 0 amide bonds. The Bertz CT molecular complexity index is 765. The summed E-state index contributed by atoms with van der Waals surface area (Å²) in [6, 6.07) is 8.94. The van der Waals surface area contributed by atoms with E-state index in [1.54, 1.807) is 0 Å². The Hall–Kier alpha value is -3.04. The van der Waals surface area contributed by atoms with Crippen molar-refractivity contribution >= 4 is 12.6 Å². The molecule has 0 bridgehead atoms. The molecule has 29 heavy (non-hydrogen) atoms. The van der Waals surface area contributed by atoms with Crippen LogP contribution in [-0.4, -0.2) is 43.6 Å². The normalized spacial score (nSPS) is 12.3. The van der Waals surface area contributed by atoms with Gasteiger partial charge in [-0.2, -0.15) is 26.3 Å². The van der Waals surface area contributed by atoms with Gasteiger partial charge in [-0.05, 0) is 48.5 Å². The van der Waals surface area contributed by atoms with Crippen LogP contribution in [0.2, 0.25) is 0 Å². The van der Waals surface area contributed by atoms with Crippen LogP contribution in [0.4, 0.5) is 26.3 Å². The molecular weight excluding hydrogens is 406 g/mol. The molecule has 2 aromatic rings. The van der Waals surface area contributed by atoms with Gasteiger partial charge in [-0.25, -0.2) is 0 Å². The lowest BCUT2D eigenvalue weighted by Gasteiger charge is -2.32. The van der Waals surface area contributed by atoms with Crippen molar-refractivity contribution < 1.29 is 45.4 Å². The van der Waals surface area contributed by atoms with Gasteiger partial charge in [0, 0.05) is 11.1 Å². The molecule has 0 N–H and O–H groups in total. The van der Waals surface area contributed by atoms with Crippen LogP contribution in [0, 0.1) is 0 Å². The van der Waals surface area contributed by atoms with Crippen molar-refractivity contribution in [2.24, 2.45) is 0 Å². The smallest absolute Gasteiger partial charge is 0.378 e. The van der Waals surface area contributed by atoms with Crippen LogP contribution in [0.3, 0.4) is 0 Å². The number of carbonyl (C=O) groups excluding carboxylic acids is 2. The number of alkyl halides is 6. The Kier molecular flexibility index (Phi) is 6.55. The monoisotopic (exact) mass is 420 g/mol. The third-order valence-electron chi connectivity index (χ3n) is 3.79. The molecule has 2 rings (SSSR count). The van der Waals surface area contributed by atoms with Gasteiger partial charge in [0.15, 0.2) is 13.2 Å². The van der Waals surface area contributed by atoms with E-state index in [2.05, 4.69) is 9.47 Å². The Morgan fingerprint density at radius 3 is 1.21 bits per heavy atom. The third kappa shape index (κ3) is 5.07. The van der Waals surface area contributed by atoms with Crippen molar-refractivity contribution in [3.63, 3.8) is 0 Å². The number of rotatable bonds is 10. The molecule has 4 nitrogen and oxygen atoms in total. The van der Waals surface area contributed by atoms with E-state index in [-0.39, 0.29) is 22.6 Å². The number of carbonyl (C=O) groups is 2. The molecule has 156 valence electrons. The minimum Gasteiger partial charge on any atom is -0.487 e. The summed E-state index contributed by atoms with van der Waals surface area (Å²) in [5.74, 6) is -16.9. The Balaban J connectivity index is 2.04. The topological polar surface area (TPSA) is 52.6 Å². The first kappa shape index (κ1) is 22.3. The van der Waals surface area contributed by atoms with Crippen molar-refractivity contribution in [3.8, 4) is 11.5 Å². The van der Waals surface area contributed by atoms with Gasteiger partial charge >= 0.3 is 17.8 Å². The molecule has 0 spiro atoms. The standard InChI is InChI=1S/C19H14F6O4/c20-17(21,11-28-15-5-1-13(9-26)2-6-15)19(24,25)18(22,23)12-29-16-7-3-14(10-27)4-8-16/h1-10H,11-12H2. The minimum absolute atomic E-state index is 0.180. The lowest BCUT2D eigenvalue weighted by Crippen LogP contribution is -2.58. The summed E-state index contributed by atoms with van der Waals surface area (Å²) >= 11 is 0. The molecular formula is C19H14F6O4. The highest BCUT2D eigenvalue weighted by Crippen LogP contribution is 2.46. The number of hydrogen-bond donors (Lipinski definition) is 0. The zero-order chi connectivity index (χ0) is 21.7. The highest BCUT2D eigenvalue weighted by atomic mass is 19.3. The highest BCUT2D eigenvalue weighted by Gasteiger charge is 2.72. The van der Waals surface area contributed by atoms with Gasteiger partial charge < -0.3 is 9.47 Å². The van der Waals surface area contributed by atoms with E-state index >= 15 is 0 Å². The molecule has 0 saturated carbocycles. The number of benzene rings is 2. The second-order valence-electron chi connectivity index (χ2n) is 5.93. The molecule has 0 saturated heterocycles. The van der Waals surface area contributed by atoms with Crippen LogP contribution in [0.25, 0.3) is 0 Å². The van der Waals surface area contributed by atoms with Gasteiger partial charge in [-0.1, -0.05) is 0 Å². The zero-order valence-corrected chi connectivity index (χ0v) is 14.6. The molecule has 10 heteroatoms. The molecule has 0 unspecified atom stereocenters. The quantitative estimate of drug-likeness (QED) is 0.414. The molecule has 0 atom stereocenters. The third-order valence-corrected chi connectivity index (χ3v) is 3.79. The predicted octanol–water partition coefficient (Wildman–Crippen LogP) is 4.68. The van der Waals surface area contributed by atoms with E-state index in [4.69, 9.17) is 0 Å². The molecule has 0 aliphatic heterocycles. The van der Waals surface area contributed by atoms with E-state index in [1.807, 2.05) is 0 Å². The number of halogens is 6. The van der Waals surface area contributed by atoms with Crippen LogP contribution in [0.1, 0.15) is 20.7 Å². The summed E-state index contributed by atoms with van der Waals surface area (Å²) in [6.45, 7) is -4.05. The first-order valence-electron chi connectivity index (χ1n) is 8.02. The summed E-state index contributed by atoms with van der Waals surface area (Å²) in [7, 11) is 0. The average Bonchev–Trinajstić information content (AvgIpc) is 2.71. The number of hydrogen-bond acceptors (Lipinski definition) is 4. The maximum Gasteiger partial charge on any atom is 0.378 e. The zero-order valence-electron chi connectivity index (χ0n) is 14.6.